The number of hydrogen-bond acceptors (Lipinski definition) is 15. The molecule has 9 aromatic heterocycles. The number of aromatic amines is 3. The molecule has 5 N–H and O–H groups in total. The molecule has 0 spiro atoms. The molecule has 0 radical (unpaired) electrons. The lowest BCUT2D eigenvalue weighted by atomic mass is 10.1. The molecule has 92 heavy (non-hydrogen) atoms. The lowest BCUT2D eigenvalue weighted by Gasteiger charge is -2.10. The molecule has 6 aromatic carbocycles. The van der Waals surface area contributed by atoms with E-state index in [1.807, 2.05) is 115 Å². The van der Waals surface area contributed by atoms with Gasteiger partial charge < -0.3 is 25.6 Å². The van der Waals surface area contributed by atoms with Crippen molar-refractivity contribution in [2.24, 2.45) is 12.8 Å². The van der Waals surface area contributed by atoms with Crippen LogP contribution >= 0.6 is 34.0 Å². The smallest absolute Gasteiger partial charge is 0.253 e. The van der Waals surface area contributed by atoms with E-state index in [2.05, 4.69) is 57.3 Å². The van der Waals surface area contributed by atoms with Gasteiger partial charge in [0, 0.05) is 84.2 Å². The summed E-state index contributed by atoms with van der Waals surface area (Å²) in [4.78, 5) is 62.8. The molecule has 2 unspecified atom stereocenters. The Morgan fingerprint density at radius 3 is 1.21 bits per heavy atom. The first kappa shape index (κ1) is 59.5. The Kier molecular flexibility index (Phi) is 16.3. The molecule has 0 fully saturated rings. The number of halogens is 2. The highest BCUT2D eigenvalue weighted by atomic mass is 32.1. The number of aromatic nitrogens is 15. The predicted molar refractivity (Wildman–Crippen MR) is 355 cm³/mol. The van der Waals surface area contributed by atoms with E-state index in [1.54, 1.807) is 124 Å². The van der Waals surface area contributed by atoms with Crippen LogP contribution in [-0.2, 0) is 7.05 Å². The topological polar surface area (TPSA) is 265 Å². The first-order valence-electron chi connectivity index (χ1n) is 28.5. The van der Waals surface area contributed by atoms with Gasteiger partial charge in [-0.05, 0) is 117 Å². The fourth-order valence-electron chi connectivity index (χ4n) is 10.1. The van der Waals surface area contributed by atoms with Gasteiger partial charge in [-0.1, -0.05) is 42.5 Å². The molecule has 2 amide bonds. The number of nitriles is 1. The molecule has 454 valence electrons. The van der Waals surface area contributed by atoms with E-state index in [-0.39, 0.29) is 5.91 Å². The lowest BCUT2D eigenvalue weighted by molar-refractivity contribution is 0.0827. The van der Waals surface area contributed by atoms with Crippen molar-refractivity contribution in [2.75, 3.05) is 14.1 Å². The van der Waals surface area contributed by atoms with Crippen LogP contribution in [0.1, 0.15) is 52.7 Å². The van der Waals surface area contributed by atoms with Crippen molar-refractivity contribution in [2.45, 2.75) is 26.4 Å². The van der Waals surface area contributed by atoms with Crippen LogP contribution in [0.5, 0.6) is 0 Å². The van der Waals surface area contributed by atoms with Crippen LogP contribution in [0.15, 0.2) is 181 Å². The third-order valence-electron chi connectivity index (χ3n) is 14.9. The van der Waals surface area contributed by atoms with Gasteiger partial charge in [-0.25, -0.2) is 48.0 Å². The monoisotopic (exact) mass is 1270 g/mol. The Bertz CT molecular complexity index is 5210. The van der Waals surface area contributed by atoms with E-state index in [0.29, 0.717) is 56.8 Å². The Labute approximate surface area is 535 Å². The van der Waals surface area contributed by atoms with Crippen molar-refractivity contribution in [1.82, 2.24) is 79.1 Å². The zero-order chi connectivity index (χ0) is 63.7. The summed E-state index contributed by atoms with van der Waals surface area (Å²) in [6, 6.07) is 47.2. The Morgan fingerprint density at radius 2 is 0.870 bits per heavy atom. The van der Waals surface area contributed by atoms with Gasteiger partial charge in [-0.2, -0.15) is 20.6 Å². The standard InChI is InChI=1S/C23H20N6OS.C22H17FN6OS.C22H15FN6S/c1-28(2)23(30)15-6-4-14(5-7-15)22-25-20(21(26-22)18-10-11-29(3)27-18)16-8-9-17-19(12-16)31-13-24-17;1-12(23)29-9-8-17(28-29)20-19(15-6-7-16-18(10-15)31-11-25-16)26-22(27-20)14-4-2-13(3-5-14)21(24)30;1-13(23)29-9-8-18(28-29)21-20(16-6-7-17-19(10-16)30-12-25-17)26-22(27-21)15-4-2-14(11-24)3-5-15/h4-13H,1-3H3,(H,25,26);2-12H,1H3,(H2,24,30)(H,26,27);2-10,12-13H,1H3,(H,26,27). The molecule has 0 aliphatic rings. The van der Waals surface area contributed by atoms with Crippen LogP contribution in [-0.4, -0.2) is 105 Å². The number of H-pyrrole nitrogens is 3. The minimum absolute atomic E-state index is 0.0290. The zero-order valence-corrected chi connectivity index (χ0v) is 52.1. The van der Waals surface area contributed by atoms with Crippen molar-refractivity contribution < 1.29 is 18.4 Å². The minimum atomic E-state index is -1.24. The number of aryl methyl sites for hydroxylation is 1. The molecule has 0 saturated heterocycles. The molecular weight excluding hydrogens is 1220 g/mol. The number of rotatable bonds is 13. The summed E-state index contributed by atoms with van der Waals surface area (Å²) >= 11 is 4.72. The number of hydrogen-bond donors (Lipinski definition) is 4. The fraction of sp³-hybridized carbons (Fsp3) is 0.104. The largest absolute Gasteiger partial charge is 0.366 e. The maximum Gasteiger partial charge on any atom is 0.253 e. The summed E-state index contributed by atoms with van der Waals surface area (Å²) in [5.74, 6) is 1.46. The number of thiazole rings is 3. The Hall–Kier alpha value is -11.5. The number of alkyl halides is 2. The van der Waals surface area contributed by atoms with Crippen LogP contribution < -0.4 is 5.73 Å². The number of nitrogens with two attached hydrogens (primary N) is 1. The predicted octanol–water partition coefficient (Wildman–Crippen LogP) is 14.8. The Morgan fingerprint density at radius 1 is 0.511 bits per heavy atom. The molecule has 2 atom stereocenters. The van der Waals surface area contributed by atoms with E-state index in [9.17, 15) is 18.4 Å². The maximum atomic E-state index is 13.7. The van der Waals surface area contributed by atoms with Gasteiger partial charge in [0.1, 0.15) is 34.6 Å². The first-order chi connectivity index (χ1) is 44.6. The van der Waals surface area contributed by atoms with Crippen molar-refractivity contribution in [3.05, 3.63) is 197 Å². The van der Waals surface area contributed by atoms with Crippen molar-refractivity contribution in [3.63, 3.8) is 0 Å². The van der Waals surface area contributed by atoms with E-state index < -0.39 is 18.5 Å². The number of nitrogens with zero attached hydrogens (tertiary/aromatic N) is 14. The summed E-state index contributed by atoms with van der Waals surface area (Å²) in [6.07, 6.45) is 2.65. The SMILES string of the molecule is CC(F)n1ccc(-c2[nH]c(-c3ccc(C#N)cc3)nc2-c2ccc3ncsc3c2)n1.CC(F)n1ccc(-c2[nH]c(-c3ccc(C(N)=O)cc3)nc2-c2ccc3ncsc3c2)n1.CN(C)C(=O)c1ccc(-c2nc(-c3ccc4ncsc4c3)c(-c3ccn(C)n3)[nH]2)cc1. The van der Waals surface area contributed by atoms with Gasteiger partial charge in [0.05, 0.1) is 93.0 Å². The third kappa shape index (κ3) is 12.2. The van der Waals surface area contributed by atoms with Gasteiger partial charge >= 0.3 is 0 Å². The highest BCUT2D eigenvalue weighted by molar-refractivity contribution is 7.17. The molecular formula is C67H52F2N18O2S3. The second kappa shape index (κ2) is 25.2. The quantitative estimate of drug-likeness (QED) is 0.0840. The highest BCUT2D eigenvalue weighted by Gasteiger charge is 2.23. The van der Waals surface area contributed by atoms with Crippen LogP contribution in [0.3, 0.4) is 0 Å². The number of amides is 2. The summed E-state index contributed by atoms with van der Waals surface area (Å²) in [5, 5.41) is 22.3. The number of fused-ring (bicyclic) bond motifs is 3. The second-order valence-electron chi connectivity index (χ2n) is 21.3. The highest BCUT2D eigenvalue weighted by Crippen LogP contribution is 2.38. The van der Waals surface area contributed by atoms with Gasteiger partial charge in [-0.3, -0.25) is 14.3 Å². The van der Waals surface area contributed by atoms with E-state index >= 15 is 0 Å². The Balaban J connectivity index is 0.000000126. The minimum Gasteiger partial charge on any atom is -0.366 e. The van der Waals surface area contributed by atoms with E-state index in [1.165, 1.54) is 23.2 Å². The zero-order valence-electron chi connectivity index (χ0n) is 49.6. The summed E-state index contributed by atoms with van der Waals surface area (Å²) in [6.45, 7) is 2.86. The van der Waals surface area contributed by atoms with Crippen molar-refractivity contribution in [3.8, 4) is 108 Å². The van der Waals surface area contributed by atoms with Gasteiger partial charge in [0.25, 0.3) is 5.91 Å². The number of primary amides is 1. The van der Waals surface area contributed by atoms with Gasteiger partial charge in [0.15, 0.2) is 12.6 Å². The molecule has 15 aromatic rings. The normalized spacial score (nSPS) is 11.9. The van der Waals surface area contributed by atoms with Crippen molar-refractivity contribution in [1.29, 1.82) is 5.26 Å². The molecule has 15 rings (SSSR count). The number of benzene rings is 6. The molecule has 20 nitrogen and oxygen atoms in total. The first-order valence-corrected chi connectivity index (χ1v) is 31.2. The molecule has 25 heteroatoms. The molecule has 0 saturated carbocycles. The number of carbonyl (C=O) groups is 2. The van der Waals surface area contributed by atoms with Crippen LogP contribution in [0, 0.1) is 11.3 Å². The average Bonchev–Trinajstić information content (AvgIpc) is 1.71. The van der Waals surface area contributed by atoms with Crippen LogP contribution in [0.2, 0.25) is 0 Å². The second-order valence-corrected chi connectivity index (χ2v) is 24.0. The summed E-state index contributed by atoms with van der Waals surface area (Å²) < 4.78 is 35.0. The van der Waals surface area contributed by atoms with Gasteiger partial charge in [-0.15, -0.1) is 34.0 Å². The van der Waals surface area contributed by atoms with Gasteiger partial charge in [0.2, 0.25) is 5.91 Å². The van der Waals surface area contributed by atoms with Crippen molar-refractivity contribution >= 4 is 76.5 Å². The molecule has 0 aliphatic heterocycles. The lowest BCUT2D eigenvalue weighted by Crippen LogP contribution is -2.21. The fourth-order valence-corrected chi connectivity index (χ4v) is 12.3. The number of carbonyl (C=O) groups excluding carboxylic acids is 2. The average molecular weight is 1280 g/mol. The maximum absolute atomic E-state index is 13.7. The van der Waals surface area contributed by atoms with E-state index in [4.69, 9.17) is 25.9 Å². The third-order valence-corrected chi connectivity index (χ3v) is 17.3. The summed E-state index contributed by atoms with van der Waals surface area (Å²) in [7, 11) is 5.38. The van der Waals surface area contributed by atoms with Crippen LogP contribution in [0.4, 0.5) is 8.78 Å². The molecule has 0 bridgehead atoms. The number of nitrogens with one attached hydrogen (secondary N) is 3. The molecule has 9 heterocycles. The molecule has 0 aliphatic carbocycles. The van der Waals surface area contributed by atoms with Crippen LogP contribution in [0.25, 0.3) is 133 Å². The van der Waals surface area contributed by atoms with E-state index in [0.717, 1.165) is 92.6 Å². The number of imidazole rings is 3. The summed E-state index contributed by atoms with van der Waals surface area (Å²) in [5.41, 5.74) is 27.1.